The first-order chi connectivity index (χ1) is 8.91. The Morgan fingerprint density at radius 2 is 2.00 bits per heavy atom. The molecule has 0 saturated carbocycles. The molecule has 0 atom stereocenters. The molecule has 0 heterocycles. The van der Waals surface area contributed by atoms with Crippen LogP contribution in [0.1, 0.15) is 13.3 Å². The van der Waals surface area contributed by atoms with Gasteiger partial charge in [-0.05, 0) is 24.3 Å². The summed E-state index contributed by atoms with van der Waals surface area (Å²) in [6, 6.07) is 5.94. The topological polar surface area (TPSA) is 96.0 Å². The van der Waals surface area contributed by atoms with E-state index in [1.54, 1.807) is 6.92 Å². The lowest BCUT2D eigenvalue weighted by molar-refractivity contribution is 0.315. The molecule has 19 heavy (non-hydrogen) atoms. The van der Waals surface area contributed by atoms with Gasteiger partial charge in [-0.2, -0.15) is 4.31 Å². The van der Waals surface area contributed by atoms with Crippen LogP contribution in [-0.4, -0.2) is 36.9 Å². The fourth-order valence-corrected chi connectivity index (χ4v) is 3.07. The second kappa shape index (κ2) is 6.74. The zero-order valence-electron chi connectivity index (χ0n) is 10.5. The molecule has 106 valence electrons. The van der Waals surface area contributed by atoms with Gasteiger partial charge in [-0.1, -0.05) is 23.7 Å². The Labute approximate surface area is 117 Å². The van der Waals surface area contributed by atoms with E-state index in [0.29, 0.717) is 11.6 Å². The molecule has 1 rings (SSSR count). The summed E-state index contributed by atoms with van der Waals surface area (Å²) in [6.45, 7) is 2.17. The highest BCUT2D eigenvalue weighted by Crippen LogP contribution is 2.18. The molecule has 0 aliphatic carbocycles. The second-order valence-electron chi connectivity index (χ2n) is 3.79. The maximum Gasteiger partial charge on any atom is 0.243 e. The lowest BCUT2D eigenvalue weighted by Crippen LogP contribution is -2.34. The molecule has 1 aromatic rings. The van der Waals surface area contributed by atoms with E-state index in [1.807, 2.05) is 0 Å². The Morgan fingerprint density at radius 3 is 2.47 bits per heavy atom. The average Bonchev–Trinajstić information content (AvgIpc) is 2.39. The highest BCUT2D eigenvalue weighted by Gasteiger charge is 2.22. The smallest absolute Gasteiger partial charge is 0.243 e. The van der Waals surface area contributed by atoms with Gasteiger partial charge in [-0.15, -0.1) is 0 Å². The molecule has 3 N–H and O–H groups in total. The maximum atomic E-state index is 12.3. The van der Waals surface area contributed by atoms with Crippen LogP contribution in [0, 0.1) is 0 Å². The quantitative estimate of drug-likeness (QED) is 0.360. The zero-order valence-corrected chi connectivity index (χ0v) is 12.0. The van der Waals surface area contributed by atoms with Crippen LogP contribution < -0.4 is 5.73 Å². The summed E-state index contributed by atoms with van der Waals surface area (Å²) in [4.78, 5) is 0.165. The lowest BCUT2D eigenvalue weighted by atomic mass is 10.4. The van der Waals surface area contributed by atoms with Gasteiger partial charge in [0.2, 0.25) is 10.0 Å². The first-order valence-corrected chi connectivity index (χ1v) is 7.45. The summed E-state index contributed by atoms with van der Waals surface area (Å²) in [5.41, 5.74) is 5.34. The van der Waals surface area contributed by atoms with Crippen LogP contribution in [0.25, 0.3) is 0 Å². The summed E-state index contributed by atoms with van der Waals surface area (Å²) in [7, 11) is -3.59. The highest BCUT2D eigenvalue weighted by atomic mass is 35.5. The number of sulfonamides is 1. The number of hydrogen-bond donors (Lipinski definition) is 2. The standard InChI is InChI=1S/C11H16ClN3O3S/c1-2-15(8-7-11(13)14-16)19(17,18)10-5-3-9(12)4-6-10/h3-6,16H,2,7-8H2,1H3,(H2,13,14). The molecule has 0 fully saturated rings. The average molecular weight is 306 g/mol. The van der Waals surface area contributed by atoms with Crippen LogP contribution in [-0.2, 0) is 10.0 Å². The Bertz CT molecular complexity index is 543. The molecule has 0 amide bonds. The SMILES string of the molecule is CCN(CC/C(N)=N/O)S(=O)(=O)c1ccc(Cl)cc1. The zero-order chi connectivity index (χ0) is 14.5. The molecule has 0 unspecified atom stereocenters. The van der Waals surface area contributed by atoms with E-state index in [0.717, 1.165) is 0 Å². The van der Waals surface area contributed by atoms with Gasteiger partial charge in [-0.3, -0.25) is 0 Å². The van der Waals surface area contributed by atoms with Crippen LogP contribution >= 0.6 is 11.6 Å². The number of nitrogens with two attached hydrogens (primary N) is 1. The minimum atomic E-state index is -3.59. The third-order valence-corrected chi connectivity index (χ3v) is 4.79. The number of oxime groups is 1. The fourth-order valence-electron chi connectivity index (χ4n) is 1.49. The summed E-state index contributed by atoms with van der Waals surface area (Å²) in [6.07, 6.45) is 0.164. The van der Waals surface area contributed by atoms with E-state index in [-0.39, 0.29) is 23.7 Å². The molecule has 1 aromatic carbocycles. The first-order valence-electron chi connectivity index (χ1n) is 5.64. The number of hydrogen-bond acceptors (Lipinski definition) is 4. The van der Waals surface area contributed by atoms with E-state index >= 15 is 0 Å². The van der Waals surface area contributed by atoms with Crippen molar-refractivity contribution in [3.05, 3.63) is 29.3 Å². The van der Waals surface area contributed by atoms with Gasteiger partial charge in [0.1, 0.15) is 5.84 Å². The van der Waals surface area contributed by atoms with Crippen molar-refractivity contribution >= 4 is 27.5 Å². The Balaban J connectivity index is 2.92. The van der Waals surface area contributed by atoms with Gasteiger partial charge < -0.3 is 10.9 Å². The van der Waals surface area contributed by atoms with Gasteiger partial charge in [0.15, 0.2) is 0 Å². The van der Waals surface area contributed by atoms with Crippen LogP contribution in [0.5, 0.6) is 0 Å². The van der Waals surface area contributed by atoms with Crippen LogP contribution in [0.3, 0.4) is 0 Å². The molecule has 0 radical (unpaired) electrons. The van der Waals surface area contributed by atoms with Crippen molar-refractivity contribution in [3.8, 4) is 0 Å². The van der Waals surface area contributed by atoms with Crippen LogP contribution in [0.2, 0.25) is 5.02 Å². The van der Waals surface area contributed by atoms with Gasteiger partial charge >= 0.3 is 0 Å². The van der Waals surface area contributed by atoms with E-state index in [9.17, 15) is 8.42 Å². The van der Waals surface area contributed by atoms with Gasteiger partial charge in [0.05, 0.1) is 4.90 Å². The molecule has 0 aliphatic heterocycles. The molecular weight excluding hydrogens is 290 g/mol. The third-order valence-electron chi connectivity index (χ3n) is 2.55. The molecule has 0 bridgehead atoms. The van der Waals surface area contributed by atoms with E-state index < -0.39 is 10.0 Å². The van der Waals surface area contributed by atoms with Crippen molar-refractivity contribution < 1.29 is 13.6 Å². The number of amidine groups is 1. The van der Waals surface area contributed by atoms with E-state index in [1.165, 1.54) is 28.6 Å². The fraction of sp³-hybridized carbons (Fsp3) is 0.364. The summed E-state index contributed by atoms with van der Waals surface area (Å²) < 4.78 is 25.9. The lowest BCUT2D eigenvalue weighted by Gasteiger charge is -2.20. The van der Waals surface area contributed by atoms with Crippen LogP contribution in [0.15, 0.2) is 34.3 Å². The Morgan fingerprint density at radius 1 is 1.42 bits per heavy atom. The minimum Gasteiger partial charge on any atom is -0.409 e. The molecule has 0 spiro atoms. The van der Waals surface area contributed by atoms with Crippen molar-refractivity contribution in [1.29, 1.82) is 0 Å². The van der Waals surface area contributed by atoms with Gasteiger partial charge in [0, 0.05) is 24.5 Å². The predicted octanol–water partition coefficient (Wildman–Crippen LogP) is 1.49. The molecular formula is C11H16ClN3O3S. The van der Waals surface area contributed by atoms with Crippen molar-refractivity contribution in [2.24, 2.45) is 10.9 Å². The molecule has 8 heteroatoms. The molecule has 0 aliphatic rings. The number of rotatable bonds is 6. The van der Waals surface area contributed by atoms with Crippen LogP contribution in [0.4, 0.5) is 0 Å². The molecule has 0 aromatic heterocycles. The largest absolute Gasteiger partial charge is 0.409 e. The molecule has 6 nitrogen and oxygen atoms in total. The normalized spacial score (nSPS) is 12.9. The van der Waals surface area contributed by atoms with E-state index in [2.05, 4.69) is 5.16 Å². The first kappa shape index (κ1) is 15.7. The maximum absolute atomic E-state index is 12.3. The van der Waals surface area contributed by atoms with Crippen molar-refractivity contribution in [3.63, 3.8) is 0 Å². The van der Waals surface area contributed by atoms with Gasteiger partial charge in [-0.25, -0.2) is 8.42 Å². The minimum absolute atomic E-state index is 0.00949. The number of halogens is 1. The van der Waals surface area contributed by atoms with E-state index in [4.69, 9.17) is 22.5 Å². The van der Waals surface area contributed by atoms with Crippen molar-refractivity contribution in [2.75, 3.05) is 13.1 Å². The summed E-state index contributed by atoms with van der Waals surface area (Å²) in [5.74, 6) is -0.00949. The highest BCUT2D eigenvalue weighted by molar-refractivity contribution is 7.89. The third kappa shape index (κ3) is 4.09. The monoisotopic (exact) mass is 305 g/mol. The number of benzene rings is 1. The second-order valence-corrected chi connectivity index (χ2v) is 6.17. The van der Waals surface area contributed by atoms with Crippen molar-refractivity contribution in [2.45, 2.75) is 18.2 Å². The summed E-state index contributed by atoms with van der Waals surface area (Å²) >= 11 is 5.73. The Hall–Kier alpha value is -1.31. The summed E-state index contributed by atoms with van der Waals surface area (Å²) in [5, 5.41) is 11.7. The Kier molecular flexibility index (Phi) is 5.59. The predicted molar refractivity (Wildman–Crippen MR) is 73.9 cm³/mol. The van der Waals surface area contributed by atoms with Crippen molar-refractivity contribution in [1.82, 2.24) is 4.31 Å². The number of nitrogens with zero attached hydrogens (tertiary/aromatic N) is 2. The van der Waals surface area contributed by atoms with Gasteiger partial charge in [0.25, 0.3) is 0 Å². The molecule has 0 saturated heterocycles.